The quantitative estimate of drug-likeness (QED) is 0.884. The third-order valence-corrected chi connectivity index (χ3v) is 4.75. The van der Waals surface area contributed by atoms with Crippen LogP contribution in [0.2, 0.25) is 0 Å². The molecule has 0 spiro atoms. The lowest BCUT2D eigenvalue weighted by Crippen LogP contribution is -2.33. The van der Waals surface area contributed by atoms with Crippen molar-refractivity contribution in [2.75, 3.05) is 6.54 Å². The average molecular weight is 308 g/mol. The van der Waals surface area contributed by atoms with Gasteiger partial charge in [-0.3, -0.25) is 9.78 Å². The molecule has 0 radical (unpaired) electrons. The van der Waals surface area contributed by atoms with Crippen LogP contribution in [0.15, 0.2) is 54.9 Å². The first kappa shape index (κ1) is 15.7. The number of carbonyl (C=O) groups is 1. The number of amides is 1. The van der Waals surface area contributed by atoms with Gasteiger partial charge in [0.2, 0.25) is 5.91 Å². The van der Waals surface area contributed by atoms with Gasteiger partial charge < -0.3 is 5.32 Å². The Kier molecular flexibility index (Phi) is 5.41. The maximum atomic E-state index is 12.8. The highest BCUT2D eigenvalue weighted by molar-refractivity contribution is 5.84. The topological polar surface area (TPSA) is 42.0 Å². The van der Waals surface area contributed by atoms with Crippen molar-refractivity contribution in [1.29, 1.82) is 0 Å². The van der Waals surface area contributed by atoms with Crippen LogP contribution in [0.4, 0.5) is 0 Å². The minimum absolute atomic E-state index is 0.139. The van der Waals surface area contributed by atoms with Gasteiger partial charge in [-0.15, -0.1) is 0 Å². The van der Waals surface area contributed by atoms with Crippen LogP contribution in [0.1, 0.15) is 42.7 Å². The maximum Gasteiger partial charge on any atom is 0.227 e. The minimum Gasteiger partial charge on any atom is -0.355 e. The van der Waals surface area contributed by atoms with Crippen LogP contribution in [-0.4, -0.2) is 17.4 Å². The molecule has 0 aliphatic heterocycles. The molecule has 0 saturated heterocycles. The van der Waals surface area contributed by atoms with Gasteiger partial charge in [-0.05, 0) is 48.4 Å². The number of rotatable bonds is 6. The van der Waals surface area contributed by atoms with Crippen molar-refractivity contribution in [3.05, 3.63) is 66.0 Å². The second-order valence-electron chi connectivity index (χ2n) is 6.42. The smallest absolute Gasteiger partial charge is 0.227 e. The lowest BCUT2D eigenvalue weighted by molar-refractivity contribution is -0.122. The molecule has 3 rings (SSSR count). The number of pyridine rings is 1. The number of benzene rings is 1. The fourth-order valence-electron chi connectivity index (χ4n) is 3.38. The van der Waals surface area contributed by atoms with E-state index in [2.05, 4.69) is 10.3 Å². The molecule has 1 aromatic carbocycles. The Bertz CT molecular complexity index is 606. The Morgan fingerprint density at radius 1 is 1.09 bits per heavy atom. The second kappa shape index (κ2) is 7.91. The van der Waals surface area contributed by atoms with Gasteiger partial charge in [-0.25, -0.2) is 0 Å². The molecule has 1 fully saturated rings. The summed E-state index contributed by atoms with van der Waals surface area (Å²) in [6, 6.07) is 14.0. The fourth-order valence-corrected chi connectivity index (χ4v) is 3.38. The summed E-state index contributed by atoms with van der Waals surface area (Å²) in [5.74, 6) is 0.663. The van der Waals surface area contributed by atoms with E-state index in [1.807, 2.05) is 42.5 Å². The van der Waals surface area contributed by atoms with E-state index in [-0.39, 0.29) is 11.8 Å². The molecule has 1 aliphatic rings. The minimum atomic E-state index is -0.139. The lowest BCUT2D eigenvalue weighted by atomic mass is 9.91. The molecular weight excluding hydrogens is 284 g/mol. The van der Waals surface area contributed by atoms with Gasteiger partial charge >= 0.3 is 0 Å². The average Bonchev–Trinajstić information content (AvgIpc) is 3.13. The van der Waals surface area contributed by atoms with Gasteiger partial charge in [0.05, 0.1) is 5.92 Å². The molecule has 1 N–H and O–H groups in total. The van der Waals surface area contributed by atoms with Gasteiger partial charge in [0.15, 0.2) is 0 Å². The number of nitrogens with zero attached hydrogens (tertiary/aromatic N) is 1. The zero-order valence-electron chi connectivity index (χ0n) is 13.4. The predicted molar refractivity (Wildman–Crippen MR) is 92.1 cm³/mol. The summed E-state index contributed by atoms with van der Waals surface area (Å²) in [7, 11) is 0. The molecule has 1 unspecified atom stereocenters. The number of hydrogen-bond donors (Lipinski definition) is 1. The Labute approximate surface area is 138 Å². The predicted octanol–water partition coefficient (Wildman–Crippen LogP) is 3.71. The van der Waals surface area contributed by atoms with E-state index in [0.29, 0.717) is 12.3 Å². The zero-order valence-corrected chi connectivity index (χ0v) is 13.4. The first-order valence-electron chi connectivity index (χ1n) is 8.54. The molecule has 2 aromatic rings. The van der Waals surface area contributed by atoms with Gasteiger partial charge in [-0.1, -0.05) is 43.2 Å². The lowest BCUT2D eigenvalue weighted by Gasteiger charge is -2.19. The number of nitrogens with one attached hydrogen (secondary N) is 1. The first-order chi connectivity index (χ1) is 11.3. The van der Waals surface area contributed by atoms with E-state index in [9.17, 15) is 4.79 Å². The summed E-state index contributed by atoms with van der Waals surface area (Å²) >= 11 is 0. The molecule has 0 bridgehead atoms. The van der Waals surface area contributed by atoms with Crippen LogP contribution in [0.5, 0.6) is 0 Å². The summed E-state index contributed by atoms with van der Waals surface area (Å²) in [4.78, 5) is 16.8. The number of aromatic nitrogens is 1. The summed E-state index contributed by atoms with van der Waals surface area (Å²) in [5.41, 5.74) is 2.22. The molecule has 1 aliphatic carbocycles. The third kappa shape index (κ3) is 4.41. The van der Waals surface area contributed by atoms with E-state index in [1.165, 1.54) is 25.7 Å². The monoisotopic (exact) mass is 308 g/mol. The third-order valence-electron chi connectivity index (χ3n) is 4.75. The second-order valence-corrected chi connectivity index (χ2v) is 6.42. The van der Waals surface area contributed by atoms with E-state index in [0.717, 1.165) is 17.7 Å². The summed E-state index contributed by atoms with van der Waals surface area (Å²) in [5, 5.41) is 3.19. The Morgan fingerprint density at radius 3 is 2.48 bits per heavy atom. The van der Waals surface area contributed by atoms with Crippen molar-refractivity contribution in [2.45, 2.75) is 38.0 Å². The van der Waals surface area contributed by atoms with E-state index in [4.69, 9.17) is 0 Å². The van der Waals surface area contributed by atoms with Crippen molar-refractivity contribution in [1.82, 2.24) is 10.3 Å². The van der Waals surface area contributed by atoms with Crippen LogP contribution in [0.25, 0.3) is 0 Å². The first-order valence-corrected chi connectivity index (χ1v) is 8.54. The zero-order chi connectivity index (χ0) is 15.9. The van der Waals surface area contributed by atoms with Crippen LogP contribution < -0.4 is 5.32 Å². The maximum absolute atomic E-state index is 12.8. The summed E-state index contributed by atoms with van der Waals surface area (Å²) < 4.78 is 0. The van der Waals surface area contributed by atoms with Crippen LogP contribution >= 0.6 is 0 Å². The highest BCUT2D eigenvalue weighted by atomic mass is 16.1. The Balaban J connectivity index is 1.70. The number of carbonyl (C=O) groups excluding carboxylic acids is 1. The molecule has 3 heteroatoms. The summed E-state index contributed by atoms with van der Waals surface area (Å²) in [6.45, 7) is 0.818. The summed E-state index contributed by atoms with van der Waals surface area (Å²) in [6.07, 6.45) is 9.39. The van der Waals surface area contributed by atoms with E-state index in [1.54, 1.807) is 12.4 Å². The number of hydrogen-bond acceptors (Lipinski definition) is 2. The van der Waals surface area contributed by atoms with Gasteiger partial charge in [0.1, 0.15) is 0 Å². The van der Waals surface area contributed by atoms with E-state index >= 15 is 0 Å². The van der Waals surface area contributed by atoms with Crippen molar-refractivity contribution < 1.29 is 4.79 Å². The van der Waals surface area contributed by atoms with E-state index < -0.39 is 0 Å². The van der Waals surface area contributed by atoms with Crippen LogP contribution in [0.3, 0.4) is 0 Å². The van der Waals surface area contributed by atoms with Crippen LogP contribution in [0, 0.1) is 5.92 Å². The molecule has 3 nitrogen and oxygen atoms in total. The highest BCUT2D eigenvalue weighted by Crippen LogP contribution is 2.25. The Morgan fingerprint density at radius 2 is 1.78 bits per heavy atom. The van der Waals surface area contributed by atoms with Crippen molar-refractivity contribution in [3.63, 3.8) is 0 Å². The van der Waals surface area contributed by atoms with Gasteiger partial charge in [0, 0.05) is 18.9 Å². The Hall–Kier alpha value is -2.16. The normalized spacial score (nSPS) is 16.2. The van der Waals surface area contributed by atoms with Gasteiger partial charge in [0.25, 0.3) is 0 Å². The molecule has 1 aromatic heterocycles. The highest BCUT2D eigenvalue weighted by Gasteiger charge is 2.22. The molecule has 1 saturated carbocycles. The SMILES string of the molecule is O=C(NCC1CCCC1)C(Cc1ccncc1)c1ccccc1. The fraction of sp³-hybridized carbons (Fsp3) is 0.400. The van der Waals surface area contributed by atoms with Crippen molar-refractivity contribution in [3.8, 4) is 0 Å². The van der Waals surface area contributed by atoms with Gasteiger partial charge in [-0.2, -0.15) is 0 Å². The largest absolute Gasteiger partial charge is 0.355 e. The molecule has 23 heavy (non-hydrogen) atoms. The molecule has 1 amide bonds. The molecule has 1 heterocycles. The standard InChI is InChI=1S/C20H24N2O/c23-20(22-15-17-6-4-5-7-17)19(18-8-2-1-3-9-18)14-16-10-12-21-13-11-16/h1-3,8-13,17,19H,4-7,14-15H2,(H,22,23). The van der Waals surface area contributed by atoms with Crippen LogP contribution in [-0.2, 0) is 11.2 Å². The van der Waals surface area contributed by atoms with Crippen molar-refractivity contribution >= 4 is 5.91 Å². The molecule has 1 atom stereocenters. The molecule has 120 valence electrons. The van der Waals surface area contributed by atoms with Crippen molar-refractivity contribution in [2.24, 2.45) is 5.92 Å². The molecular formula is C20H24N2O.